The highest BCUT2D eigenvalue weighted by Gasteiger charge is 2.55. The standard InChI is InChI=1S/C19H25NO6S/c1-4-8-25-19(24)13-10(5-2)9(3)27-17(13)20-16(21)14-11-6-7-12(26-11)15(14)18(22)23/h11-12,14-15H,4-8H2,1-3H3,(H,20,21)(H,22,23)/t11-,12-,14+,15+/m1/s1. The Balaban J connectivity index is 1.85. The fourth-order valence-corrected chi connectivity index (χ4v) is 5.23. The van der Waals surface area contributed by atoms with Crippen LogP contribution in [-0.2, 0) is 25.5 Å². The minimum atomic E-state index is -1.01. The predicted molar refractivity (Wildman–Crippen MR) is 100 cm³/mol. The van der Waals surface area contributed by atoms with Crippen LogP contribution in [0.4, 0.5) is 5.00 Å². The lowest BCUT2D eigenvalue weighted by Gasteiger charge is -2.23. The molecular formula is C19H25NO6S. The molecule has 2 fully saturated rings. The van der Waals surface area contributed by atoms with Gasteiger partial charge in [0.25, 0.3) is 0 Å². The summed E-state index contributed by atoms with van der Waals surface area (Å²) in [7, 11) is 0. The molecule has 0 saturated carbocycles. The van der Waals surface area contributed by atoms with Gasteiger partial charge in [0.15, 0.2) is 0 Å². The minimum absolute atomic E-state index is 0.311. The van der Waals surface area contributed by atoms with Gasteiger partial charge in [-0.25, -0.2) is 4.79 Å². The summed E-state index contributed by atoms with van der Waals surface area (Å²) in [5.41, 5.74) is 1.24. The molecule has 27 heavy (non-hydrogen) atoms. The van der Waals surface area contributed by atoms with Crippen molar-refractivity contribution in [1.29, 1.82) is 0 Å². The van der Waals surface area contributed by atoms with Crippen LogP contribution in [0.5, 0.6) is 0 Å². The first kappa shape index (κ1) is 19.8. The second kappa shape index (κ2) is 7.98. The topological polar surface area (TPSA) is 102 Å². The molecule has 1 aromatic rings. The van der Waals surface area contributed by atoms with Crippen molar-refractivity contribution in [2.75, 3.05) is 11.9 Å². The van der Waals surface area contributed by atoms with Gasteiger partial charge in [-0.1, -0.05) is 13.8 Å². The van der Waals surface area contributed by atoms with Gasteiger partial charge in [0.05, 0.1) is 36.2 Å². The Morgan fingerprint density at radius 1 is 1.22 bits per heavy atom. The highest BCUT2D eigenvalue weighted by Crippen LogP contribution is 2.44. The number of hydrogen-bond donors (Lipinski definition) is 2. The smallest absolute Gasteiger partial charge is 0.341 e. The van der Waals surface area contributed by atoms with E-state index < -0.39 is 35.8 Å². The summed E-state index contributed by atoms with van der Waals surface area (Å²) in [6.07, 6.45) is 1.91. The number of aryl methyl sites for hydroxylation is 1. The van der Waals surface area contributed by atoms with Crippen molar-refractivity contribution in [2.24, 2.45) is 11.8 Å². The molecule has 2 aliphatic rings. The molecule has 1 aromatic heterocycles. The van der Waals surface area contributed by atoms with Gasteiger partial charge >= 0.3 is 11.9 Å². The molecule has 4 atom stereocenters. The van der Waals surface area contributed by atoms with Crippen LogP contribution in [0.2, 0.25) is 0 Å². The Labute approximate surface area is 162 Å². The van der Waals surface area contributed by atoms with E-state index in [0.29, 0.717) is 42.9 Å². The Hall–Kier alpha value is -1.93. The number of amides is 1. The molecule has 0 aliphatic carbocycles. The van der Waals surface area contributed by atoms with Crippen molar-refractivity contribution >= 4 is 34.2 Å². The van der Waals surface area contributed by atoms with E-state index in [4.69, 9.17) is 9.47 Å². The number of carbonyl (C=O) groups excluding carboxylic acids is 2. The number of aliphatic carboxylic acids is 1. The van der Waals surface area contributed by atoms with Crippen molar-refractivity contribution in [2.45, 2.75) is 58.7 Å². The van der Waals surface area contributed by atoms with Crippen molar-refractivity contribution in [3.8, 4) is 0 Å². The number of carboxylic acids is 1. The molecule has 2 saturated heterocycles. The van der Waals surface area contributed by atoms with E-state index in [1.807, 2.05) is 20.8 Å². The average Bonchev–Trinajstić information content (AvgIpc) is 3.31. The molecular weight excluding hydrogens is 370 g/mol. The van der Waals surface area contributed by atoms with Crippen LogP contribution in [0.1, 0.15) is 53.9 Å². The monoisotopic (exact) mass is 395 g/mol. The maximum absolute atomic E-state index is 12.9. The molecule has 0 aromatic carbocycles. The fourth-order valence-electron chi connectivity index (χ4n) is 4.10. The predicted octanol–water partition coefficient (Wildman–Crippen LogP) is 3.00. The van der Waals surface area contributed by atoms with Crippen molar-refractivity contribution < 1.29 is 29.0 Å². The number of rotatable bonds is 7. The summed E-state index contributed by atoms with van der Waals surface area (Å²) in [6, 6.07) is 0. The number of hydrogen-bond acceptors (Lipinski definition) is 6. The maximum Gasteiger partial charge on any atom is 0.341 e. The van der Waals surface area contributed by atoms with Gasteiger partial charge < -0.3 is 19.9 Å². The largest absolute Gasteiger partial charge is 0.481 e. The highest BCUT2D eigenvalue weighted by molar-refractivity contribution is 7.16. The average molecular weight is 395 g/mol. The van der Waals surface area contributed by atoms with Gasteiger partial charge in [0.2, 0.25) is 5.91 Å². The van der Waals surface area contributed by atoms with E-state index in [1.165, 1.54) is 11.3 Å². The number of thiophene rings is 1. The van der Waals surface area contributed by atoms with E-state index in [2.05, 4.69) is 5.32 Å². The SMILES string of the molecule is CCCOC(=O)c1c(NC(=O)[C@@H]2[C@@H](C(=O)O)[C@H]3CC[C@H]2O3)sc(C)c1CC. The first-order chi connectivity index (χ1) is 12.9. The Kier molecular flexibility index (Phi) is 5.86. The number of anilines is 1. The summed E-state index contributed by atoms with van der Waals surface area (Å²) in [5, 5.41) is 12.8. The number of fused-ring (bicyclic) bond motifs is 2. The van der Waals surface area contributed by atoms with Gasteiger partial charge in [-0.15, -0.1) is 11.3 Å². The van der Waals surface area contributed by atoms with Crippen molar-refractivity contribution in [3.63, 3.8) is 0 Å². The van der Waals surface area contributed by atoms with E-state index in [-0.39, 0.29) is 6.10 Å². The highest BCUT2D eigenvalue weighted by atomic mass is 32.1. The van der Waals surface area contributed by atoms with Crippen LogP contribution in [-0.4, -0.2) is 41.8 Å². The quantitative estimate of drug-likeness (QED) is 0.688. The van der Waals surface area contributed by atoms with Gasteiger partial charge in [-0.2, -0.15) is 0 Å². The number of esters is 1. The van der Waals surface area contributed by atoms with Crippen LogP contribution < -0.4 is 5.32 Å². The van der Waals surface area contributed by atoms with Crippen LogP contribution in [0.15, 0.2) is 0 Å². The number of carboxylic acid groups (broad SMARTS) is 1. The van der Waals surface area contributed by atoms with Crippen LogP contribution in [0.25, 0.3) is 0 Å². The zero-order chi connectivity index (χ0) is 19.7. The summed E-state index contributed by atoms with van der Waals surface area (Å²) in [4.78, 5) is 38.0. The summed E-state index contributed by atoms with van der Waals surface area (Å²) in [5.74, 6) is -3.45. The molecule has 0 spiro atoms. The zero-order valence-electron chi connectivity index (χ0n) is 15.7. The lowest BCUT2D eigenvalue weighted by atomic mass is 9.79. The van der Waals surface area contributed by atoms with E-state index in [1.54, 1.807) is 0 Å². The second-order valence-electron chi connectivity index (χ2n) is 7.00. The summed E-state index contributed by atoms with van der Waals surface area (Å²) < 4.78 is 11.0. The molecule has 7 nitrogen and oxygen atoms in total. The Bertz CT molecular complexity index is 758. The molecule has 2 bridgehead atoms. The summed E-state index contributed by atoms with van der Waals surface area (Å²) in [6.45, 7) is 6.07. The molecule has 2 aliphatic heterocycles. The third kappa shape index (κ3) is 3.60. The third-order valence-corrected chi connectivity index (χ3v) is 6.36. The van der Waals surface area contributed by atoms with Crippen LogP contribution in [0, 0.1) is 18.8 Å². The van der Waals surface area contributed by atoms with E-state index in [0.717, 1.165) is 10.4 Å². The minimum Gasteiger partial charge on any atom is -0.481 e. The fraction of sp³-hybridized carbons (Fsp3) is 0.632. The number of nitrogens with one attached hydrogen (secondary N) is 1. The normalized spacial score (nSPS) is 26.2. The molecule has 148 valence electrons. The maximum atomic E-state index is 12.9. The molecule has 3 rings (SSSR count). The molecule has 0 unspecified atom stereocenters. The van der Waals surface area contributed by atoms with Gasteiger partial charge in [-0.3, -0.25) is 9.59 Å². The van der Waals surface area contributed by atoms with E-state index >= 15 is 0 Å². The first-order valence-corrected chi connectivity index (χ1v) is 10.2. The number of carbonyl (C=O) groups is 3. The van der Waals surface area contributed by atoms with Gasteiger partial charge in [-0.05, 0) is 38.2 Å². The first-order valence-electron chi connectivity index (χ1n) is 9.37. The molecule has 2 N–H and O–H groups in total. The molecule has 0 radical (unpaired) electrons. The van der Waals surface area contributed by atoms with E-state index in [9.17, 15) is 19.5 Å². The zero-order valence-corrected chi connectivity index (χ0v) is 16.6. The Morgan fingerprint density at radius 3 is 2.48 bits per heavy atom. The van der Waals surface area contributed by atoms with Crippen molar-refractivity contribution in [1.82, 2.24) is 0 Å². The molecule has 3 heterocycles. The lowest BCUT2D eigenvalue weighted by molar-refractivity contribution is -0.147. The lowest BCUT2D eigenvalue weighted by Crippen LogP contribution is -2.41. The Morgan fingerprint density at radius 2 is 1.89 bits per heavy atom. The molecule has 8 heteroatoms. The second-order valence-corrected chi connectivity index (χ2v) is 8.22. The third-order valence-electron chi connectivity index (χ3n) is 5.30. The van der Waals surface area contributed by atoms with Crippen LogP contribution in [0.3, 0.4) is 0 Å². The van der Waals surface area contributed by atoms with Crippen LogP contribution >= 0.6 is 11.3 Å². The van der Waals surface area contributed by atoms with Crippen molar-refractivity contribution in [3.05, 3.63) is 16.0 Å². The number of ether oxygens (including phenoxy) is 2. The van der Waals surface area contributed by atoms with Gasteiger partial charge in [0.1, 0.15) is 5.00 Å². The summed E-state index contributed by atoms with van der Waals surface area (Å²) >= 11 is 1.32. The molecule has 1 amide bonds. The van der Waals surface area contributed by atoms with Gasteiger partial charge in [0, 0.05) is 4.88 Å².